The monoisotopic (exact) mass is 547 g/mol. The van der Waals surface area contributed by atoms with Gasteiger partial charge in [-0.15, -0.1) is 0 Å². The lowest BCUT2D eigenvalue weighted by molar-refractivity contribution is 0.568. The summed E-state index contributed by atoms with van der Waals surface area (Å²) in [6.45, 7) is 39.1. The average molecular weight is 547 g/mol. The van der Waals surface area contributed by atoms with Gasteiger partial charge < -0.3 is 0 Å². The molecule has 3 aromatic rings. The summed E-state index contributed by atoms with van der Waals surface area (Å²) in [6, 6.07) is 26.8. The van der Waals surface area contributed by atoms with Crippen molar-refractivity contribution in [3.05, 3.63) is 95.1 Å². The molecule has 0 heteroatoms. The molecular weight excluding hydrogens is 480 g/mol. The lowest BCUT2D eigenvalue weighted by Gasteiger charge is -2.24. The van der Waals surface area contributed by atoms with E-state index < -0.39 is 0 Å². The van der Waals surface area contributed by atoms with Gasteiger partial charge in [-0.1, -0.05) is 197 Å². The van der Waals surface area contributed by atoms with E-state index in [1.54, 1.807) is 0 Å². The molecule has 0 radical (unpaired) electrons. The van der Waals surface area contributed by atoms with Crippen LogP contribution >= 0.6 is 0 Å². The van der Waals surface area contributed by atoms with E-state index in [4.69, 9.17) is 0 Å². The van der Waals surface area contributed by atoms with Crippen LogP contribution in [0.25, 0.3) is 11.1 Å². The Bertz CT molecular complexity index is 1020. The van der Waals surface area contributed by atoms with Crippen LogP contribution in [0.2, 0.25) is 0 Å². The molecule has 0 aliphatic heterocycles. The largest absolute Gasteiger partial charge is 0.0683 e. The molecule has 0 atom stereocenters. The van der Waals surface area contributed by atoms with Crippen molar-refractivity contribution in [2.24, 2.45) is 0 Å². The molecule has 0 unspecified atom stereocenters. The van der Waals surface area contributed by atoms with Gasteiger partial charge in [0.2, 0.25) is 0 Å². The SMILES string of the molecule is CC.CC.CC.CC(C)(C)c1ccc(-c2cccc(C(C)(C)C)c2)cc1.CC(C)(C)c1cccc(C(C)(C)C)c1. The summed E-state index contributed by atoms with van der Waals surface area (Å²) in [7, 11) is 0. The lowest BCUT2D eigenvalue weighted by Crippen LogP contribution is -2.15. The summed E-state index contributed by atoms with van der Waals surface area (Å²) < 4.78 is 0. The zero-order valence-corrected chi connectivity index (χ0v) is 29.9. The van der Waals surface area contributed by atoms with Gasteiger partial charge >= 0.3 is 0 Å². The van der Waals surface area contributed by atoms with E-state index in [9.17, 15) is 0 Å². The Morgan fingerprint density at radius 2 is 0.600 bits per heavy atom. The van der Waals surface area contributed by atoms with Crippen LogP contribution in [0.1, 0.15) is 147 Å². The van der Waals surface area contributed by atoms with Crippen molar-refractivity contribution >= 4 is 0 Å². The summed E-state index contributed by atoms with van der Waals surface area (Å²) in [5.41, 5.74) is 9.12. The number of hydrogen-bond acceptors (Lipinski definition) is 0. The average Bonchev–Trinajstić information content (AvgIpc) is 2.91. The molecule has 226 valence electrons. The van der Waals surface area contributed by atoms with Crippen molar-refractivity contribution in [1.29, 1.82) is 0 Å². The van der Waals surface area contributed by atoms with Gasteiger partial charge in [-0.05, 0) is 55.0 Å². The van der Waals surface area contributed by atoms with Gasteiger partial charge in [-0.25, -0.2) is 0 Å². The maximum Gasteiger partial charge on any atom is -0.0132 e. The van der Waals surface area contributed by atoms with Gasteiger partial charge in [0.1, 0.15) is 0 Å². The number of benzene rings is 3. The summed E-state index contributed by atoms with van der Waals surface area (Å²) in [5, 5.41) is 0. The molecule has 0 aromatic heterocycles. The Hall–Kier alpha value is -2.34. The van der Waals surface area contributed by atoms with Crippen molar-refractivity contribution in [3.8, 4) is 11.1 Å². The van der Waals surface area contributed by atoms with E-state index in [-0.39, 0.29) is 21.7 Å². The second-order valence-electron chi connectivity index (χ2n) is 13.7. The molecule has 0 amide bonds. The Kier molecular flexibility index (Phi) is 17.4. The van der Waals surface area contributed by atoms with Crippen LogP contribution in [-0.4, -0.2) is 0 Å². The maximum atomic E-state index is 2.33. The fourth-order valence-electron chi connectivity index (χ4n) is 3.78. The van der Waals surface area contributed by atoms with Crippen molar-refractivity contribution in [3.63, 3.8) is 0 Å². The summed E-state index contributed by atoms with van der Waals surface area (Å²) >= 11 is 0. The maximum absolute atomic E-state index is 2.33. The molecule has 0 heterocycles. The Balaban J connectivity index is 0. The first-order valence-electron chi connectivity index (χ1n) is 15.7. The molecular formula is C40H66. The van der Waals surface area contributed by atoms with Gasteiger partial charge in [0.25, 0.3) is 0 Å². The van der Waals surface area contributed by atoms with Crippen LogP contribution in [-0.2, 0) is 21.7 Å². The first-order chi connectivity index (χ1) is 18.4. The highest BCUT2D eigenvalue weighted by molar-refractivity contribution is 5.65. The molecule has 0 fully saturated rings. The molecule has 40 heavy (non-hydrogen) atoms. The fourth-order valence-corrected chi connectivity index (χ4v) is 3.78. The molecule has 0 nitrogen and oxygen atoms in total. The van der Waals surface area contributed by atoms with Crippen molar-refractivity contribution in [1.82, 2.24) is 0 Å². The highest BCUT2D eigenvalue weighted by Gasteiger charge is 2.18. The van der Waals surface area contributed by atoms with E-state index >= 15 is 0 Å². The van der Waals surface area contributed by atoms with Crippen LogP contribution in [0, 0.1) is 0 Å². The van der Waals surface area contributed by atoms with Crippen LogP contribution in [0.4, 0.5) is 0 Å². The Morgan fingerprint density at radius 1 is 0.300 bits per heavy atom. The van der Waals surface area contributed by atoms with E-state index in [1.165, 1.54) is 33.4 Å². The molecule has 0 saturated heterocycles. The minimum atomic E-state index is 0.196. The molecule has 0 N–H and O–H groups in total. The fraction of sp³-hybridized carbons (Fsp3) is 0.550. The van der Waals surface area contributed by atoms with Crippen LogP contribution in [0.5, 0.6) is 0 Å². The molecule has 3 rings (SSSR count). The Labute approximate surface area is 252 Å². The first-order valence-corrected chi connectivity index (χ1v) is 15.7. The highest BCUT2D eigenvalue weighted by Crippen LogP contribution is 2.30. The molecule has 0 bridgehead atoms. The quantitative estimate of drug-likeness (QED) is 0.285. The van der Waals surface area contributed by atoms with Gasteiger partial charge in [-0.2, -0.15) is 0 Å². The van der Waals surface area contributed by atoms with E-state index in [2.05, 4.69) is 156 Å². The van der Waals surface area contributed by atoms with Gasteiger partial charge in [-0.3, -0.25) is 0 Å². The van der Waals surface area contributed by atoms with E-state index in [0.29, 0.717) is 0 Å². The third-order valence-corrected chi connectivity index (χ3v) is 6.41. The van der Waals surface area contributed by atoms with Crippen LogP contribution in [0.3, 0.4) is 0 Å². The molecule has 0 aliphatic carbocycles. The number of hydrogen-bond donors (Lipinski definition) is 0. The topological polar surface area (TPSA) is 0 Å². The lowest BCUT2D eigenvalue weighted by atomic mass is 9.81. The summed E-state index contributed by atoms with van der Waals surface area (Å²) in [6.07, 6.45) is 0. The van der Waals surface area contributed by atoms with Crippen molar-refractivity contribution in [2.75, 3.05) is 0 Å². The molecule has 0 saturated carbocycles. The zero-order valence-electron chi connectivity index (χ0n) is 29.9. The zero-order chi connectivity index (χ0) is 31.9. The third kappa shape index (κ3) is 13.8. The van der Waals surface area contributed by atoms with E-state index in [1.807, 2.05) is 41.5 Å². The molecule has 3 aromatic carbocycles. The van der Waals surface area contributed by atoms with E-state index in [0.717, 1.165) is 0 Å². The predicted octanol–water partition coefficient (Wildman–Crippen LogP) is 13.3. The van der Waals surface area contributed by atoms with Crippen molar-refractivity contribution < 1.29 is 0 Å². The normalized spacial score (nSPS) is 11.2. The highest BCUT2D eigenvalue weighted by atomic mass is 14.2. The van der Waals surface area contributed by atoms with Crippen LogP contribution < -0.4 is 0 Å². The third-order valence-electron chi connectivity index (χ3n) is 6.41. The van der Waals surface area contributed by atoms with Crippen molar-refractivity contribution in [2.45, 2.75) is 146 Å². The minimum absolute atomic E-state index is 0.196. The summed E-state index contributed by atoms with van der Waals surface area (Å²) in [4.78, 5) is 0. The smallest absolute Gasteiger partial charge is 0.0132 e. The van der Waals surface area contributed by atoms with Gasteiger partial charge in [0, 0.05) is 0 Å². The van der Waals surface area contributed by atoms with Gasteiger partial charge in [0.05, 0.1) is 0 Å². The van der Waals surface area contributed by atoms with Gasteiger partial charge in [0.15, 0.2) is 0 Å². The Morgan fingerprint density at radius 3 is 0.925 bits per heavy atom. The molecule has 0 aliphatic rings. The van der Waals surface area contributed by atoms with Crippen LogP contribution in [0.15, 0.2) is 72.8 Å². The first kappa shape index (κ1) is 39.8. The second-order valence-corrected chi connectivity index (χ2v) is 13.7. The molecule has 0 spiro atoms. The predicted molar refractivity (Wildman–Crippen MR) is 187 cm³/mol. The minimum Gasteiger partial charge on any atom is -0.0683 e. The number of rotatable bonds is 1. The standard InChI is InChI=1S/C20H26.C14H22.3C2H6/c1-19(2,3)17-12-10-15(11-13-17)16-8-7-9-18(14-16)20(4,5)6;1-13(2,3)11-8-7-9-12(10-11)14(4,5)6;3*1-2/h7-14H,1-6H3;7-10H,1-6H3;3*1-2H3. The summed E-state index contributed by atoms with van der Waals surface area (Å²) in [5.74, 6) is 0. The second kappa shape index (κ2) is 17.5.